The van der Waals surface area contributed by atoms with E-state index < -0.39 is 41.4 Å². The van der Waals surface area contributed by atoms with Crippen LogP contribution < -0.4 is 5.73 Å². The normalized spacial score (nSPS) is 17.1. The number of rotatable bonds is 14. The molecule has 0 bridgehead atoms. The van der Waals surface area contributed by atoms with E-state index in [-0.39, 0.29) is 32.2 Å². The average Bonchev–Trinajstić information content (AvgIpc) is 2.87. The van der Waals surface area contributed by atoms with Crippen LogP contribution in [0.5, 0.6) is 0 Å². The van der Waals surface area contributed by atoms with E-state index in [1.165, 1.54) is 6.92 Å². The molecule has 1 saturated carbocycles. The molecule has 0 amide bonds. The lowest BCUT2D eigenvalue weighted by Crippen LogP contribution is -2.52. The molecule has 1 aromatic carbocycles. The van der Waals surface area contributed by atoms with E-state index in [0.29, 0.717) is 12.8 Å². The molecular formula is C28H43NO8. The van der Waals surface area contributed by atoms with Gasteiger partial charge in [0.25, 0.3) is 5.79 Å². The van der Waals surface area contributed by atoms with E-state index in [0.717, 1.165) is 24.8 Å². The Hall–Kier alpha value is -2.49. The third kappa shape index (κ3) is 8.79. The molecule has 0 heterocycles. The Morgan fingerprint density at radius 1 is 0.973 bits per heavy atom. The van der Waals surface area contributed by atoms with Gasteiger partial charge in [0.15, 0.2) is 0 Å². The monoisotopic (exact) mass is 521 g/mol. The average molecular weight is 522 g/mol. The molecule has 9 heteroatoms. The van der Waals surface area contributed by atoms with Gasteiger partial charge in [-0.2, -0.15) is 0 Å². The Morgan fingerprint density at radius 3 is 2.11 bits per heavy atom. The molecule has 37 heavy (non-hydrogen) atoms. The SMILES string of the molecule is CCOC(C)(OCC)C(=O)OC(OC(=O)C(N)C1(CC(=O)OCc2ccccc2)CCCCC1)C(C)C. The molecule has 9 nitrogen and oxygen atoms in total. The van der Waals surface area contributed by atoms with Gasteiger partial charge in [0.2, 0.25) is 6.29 Å². The van der Waals surface area contributed by atoms with Gasteiger partial charge in [-0.05, 0) is 32.3 Å². The number of benzene rings is 1. The van der Waals surface area contributed by atoms with Crippen LogP contribution in [0.3, 0.4) is 0 Å². The van der Waals surface area contributed by atoms with Crippen LogP contribution in [-0.4, -0.2) is 49.2 Å². The fourth-order valence-electron chi connectivity index (χ4n) is 4.59. The number of ether oxygens (including phenoxy) is 5. The van der Waals surface area contributed by atoms with Crippen molar-refractivity contribution in [1.82, 2.24) is 0 Å². The molecule has 2 N–H and O–H groups in total. The lowest BCUT2D eigenvalue weighted by atomic mass is 9.67. The van der Waals surface area contributed by atoms with Crippen molar-refractivity contribution in [2.24, 2.45) is 17.1 Å². The predicted octanol–water partition coefficient (Wildman–Crippen LogP) is 4.26. The first-order valence-electron chi connectivity index (χ1n) is 13.2. The molecule has 0 aliphatic heterocycles. The number of hydrogen-bond donors (Lipinski definition) is 1. The van der Waals surface area contributed by atoms with Crippen LogP contribution in [0.4, 0.5) is 0 Å². The van der Waals surface area contributed by atoms with Crippen molar-refractivity contribution in [2.75, 3.05) is 13.2 Å². The Labute approximate surface area is 220 Å². The highest BCUT2D eigenvalue weighted by atomic mass is 16.8. The summed E-state index contributed by atoms with van der Waals surface area (Å²) in [6.07, 6.45) is 2.70. The largest absolute Gasteiger partial charge is 0.461 e. The van der Waals surface area contributed by atoms with Crippen molar-refractivity contribution in [3.63, 3.8) is 0 Å². The van der Waals surface area contributed by atoms with Crippen LogP contribution in [0.2, 0.25) is 0 Å². The van der Waals surface area contributed by atoms with Gasteiger partial charge >= 0.3 is 17.9 Å². The second kappa shape index (κ2) is 14.4. The quantitative estimate of drug-likeness (QED) is 0.282. The van der Waals surface area contributed by atoms with Gasteiger partial charge in [0, 0.05) is 31.5 Å². The maximum Gasteiger partial charge on any atom is 0.369 e. The number of carbonyl (C=O) groups is 3. The highest BCUT2D eigenvalue weighted by Gasteiger charge is 2.46. The molecule has 0 radical (unpaired) electrons. The summed E-state index contributed by atoms with van der Waals surface area (Å²) in [4.78, 5) is 38.9. The molecule has 1 aliphatic carbocycles. The van der Waals surface area contributed by atoms with Crippen molar-refractivity contribution in [1.29, 1.82) is 0 Å². The van der Waals surface area contributed by atoms with Crippen molar-refractivity contribution in [2.45, 2.75) is 97.9 Å². The minimum atomic E-state index is -1.63. The Bertz CT molecular complexity index is 860. The molecule has 1 fully saturated rings. The van der Waals surface area contributed by atoms with Crippen LogP contribution >= 0.6 is 0 Å². The fourth-order valence-corrected chi connectivity index (χ4v) is 4.59. The van der Waals surface area contributed by atoms with E-state index in [1.807, 2.05) is 30.3 Å². The zero-order chi connectivity index (χ0) is 27.5. The summed E-state index contributed by atoms with van der Waals surface area (Å²) < 4.78 is 27.5. The van der Waals surface area contributed by atoms with Crippen LogP contribution in [0.25, 0.3) is 0 Å². The molecule has 0 aromatic heterocycles. The summed E-state index contributed by atoms with van der Waals surface area (Å²) in [5.74, 6) is -3.92. The first kappa shape index (κ1) is 30.7. The maximum absolute atomic E-state index is 13.3. The molecule has 0 saturated heterocycles. The smallest absolute Gasteiger partial charge is 0.369 e. The Morgan fingerprint density at radius 2 is 1.57 bits per heavy atom. The van der Waals surface area contributed by atoms with Crippen molar-refractivity contribution < 1.29 is 38.1 Å². The third-order valence-corrected chi connectivity index (χ3v) is 6.71. The number of nitrogens with two attached hydrogens (primary N) is 1. The molecule has 1 aromatic rings. The first-order valence-corrected chi connectivity index (χ1v) is 13.2. The van der Waals surface area contributed by atoms with Crippen LogP contribution in [0, 0.1) is 11.3 Å². The second-order valence-electron chi connectivity index (χ2n) is 9.99. The van der Waals surface area contributed by atoms with E-state index in [1.54, 1.807) is 27.7 Å². The van der Waals surface area contributed by atoms with Crippen molar-refractivity contribution in [3.8, 4) is 0 Å². The van der Waals surface area contributed by atoms with Gasteiger partial charge in [0.1, 0.15) is 12.6 Å². The maximum atomic E-state index is 13.3. The van der Waals surface area contributed by atoms with E-state index in [9.17, 15) is 14.4 Å². The standard InChI is InChI=1S/C28H43NO8/c1-6-34-27(5,35-7-2)26(32)37-25(20(3)4)36-24(31)23(29)28(16-12-9-13-17-28)18-22(30)33-19-21-14-10-8-11-15-21/h8,10-11,14-15,20,23,25H,6-7,9,12-13,16-19,29H2,1-5H3. The molecule has 1 aliphatic rings. The van der Waals surface area contributed by atoms with Gasteiger partial charge in [0.05, 0.1) is 6.42 Å². The second-order valence-corrected chi connectivity index (χ2v) is 9.99. The summed E-state index contributed by atoms with van der Waals surface area (Å²) in [5.41, 5.74) is 6.56. The van der Waals surface area contributed by atoms with E-state index in [4.69, 9.17) is 29.4 Å². The predicted molar refractivity (Wildman–Crippen MR) is 137 cm³/mol. The first-order chi connectivity index (χ1) is 17.6. The highest BCUT2D eigenvalue weighted by molar-refractivity contribution is 5.80. The van der Waals surface area contributed by atoms with Gasteiger partial charge in [-0.1, -0.05) is 63.4 Å². The Balaban J connectivity index is 2.10. The van der Waals surface area contributed by atoms with Crippen molar-refractivity contribution in [3.05, 3.63) is 35.9 Å². The Kier molecular flexibility index (Phi) is 12.0. The van der Waals surface area contributed by atoms with Crippen molar-refractivity contribution >= 4 is 17.9 Å². The van der Waals surface area contributed by atoms with Crippen LogP contribution in [0.1, 0.15) is 78.7 Å². The number of hydrogen-bond acceptors (Lipinski definition) is 9. The minimum Gasteiger partial charge on any atom is -0.461 e. The zero-order valence-electron chi connectivity index (χ0n) is 22.8. The molecule has 0 spiro atoms. The molecule has 2 atom stereocenters. The molecular weight excluding hydrogens is 478 g/mol. The zero-order valence-corrected chi connectivity index (χ0v) is 22.8. The number of carbonyl (C=O) groups excluding carboxylic acids is 3. The van der Waals surface area contributed by atoms with Gasteiger partial charge < -0.3 is 29.4 Å². The van der Waals surface area contributed by atoms with E-state index in [2.05, 4.69) is 0 Å². The summed E-state index contributed by atoms with van der Waals surface area (Å²) in [7, 11) is 0. The lowest BCUT2D eigenvalue weighted by molar-refractivity contribution is -0.257. The summed E-state index contributed by atoms with van der Waals surface area (Å²) in [6.45, 7) is 9.05. The lowest BCUT2D eigenvalue weighted by Gasteiger charge is -2.40. The summed E-state index contributed by atoms with van der Waals surface area (Å²) in [5, 5.41) is 0. The highest BCUT2D eigenvalue weighted by Crippen LogP contribution is 2.42. The van der Waals surface area contributed by atoms with Gasteiger partial charge in [-0.25, -0.2) is 4.79 Å². The number of esters is 3. The van der Waals surface area contributed by atoms with E-state index >= 15 is 0 Å². The molecule has 2 unspecified atom stereocenters. The van der Waals surface area contributed by atoms with Crippen LogP contribution in [-0.2, 0) is 44.7 Å². The van der Waals surface area contributed by atoms with Gasteiger partial charge in [-0.15, -0.1) is 0 Å². The minimum absolute atomic E-state index is 0.00891. The molecule has 208 valence electrons. The van der Waals surface area contributed by atoms with Gasteiger partial charge in [-0.3, -0.25) is 9.59 Å². The summed E-state index contributed by atoms with van der Waals surface area (Å²) in [6, 6.07) is 8.32. The topological polar surface area (TPSA) is 123 Å². The fraction of sp³-hybridized carbons (Fsp3) is 0.679. The molecule has 2 rings (SSSR count). The third-order valence-electron chi connectivity index (χ3n) is 6.71. The van der Waals surface area contributed by atoms with Crippen LogP contribution in [0.15, 0.2) is 30.3 Å². The summed E-state index contributed by atoms with van der Waals surface area (Å²) >= 11 is 0.